The third kappa shape index (κ3) is 11.5. The van der Waals surface area contributed by atoms with E-state index in [0.717, 1.165) is 90.5 Å². The molecule has 0 bridgehead atoms. The minimum absolute atomic E-state index is 0. The Labute approximate surface area is 325 Å². The Morgan fingerprint density at radius 3 is 1.62 bits per heavy atom. The smallest absolute Gasteiger partial charge is 0.141 e. The van der Waals surface area contributed by atoms with Gasteiger partial charge in [0.25, 0.3) is 0 Å². The number of fused-ring (bicyclic) bond motifs is 6. The van der Waals surface area contributed by atoms with Crippen molar-refractivity contribution in [1.82, 2.24) is 19.9 Å². The maximum absolute atomic E-state index is 8.06. The number of rotatable bonds is 4. The molecule has 8 rings (SSSR count). The Morgan fingerprint density at radius 1 is 0.712 bits per heavy atom. The van der Waals surface area contributed by atoms with Gasteiger partial charge in [0.1, 0.15) is 33.3 Å². The molecule has 2 saturated carbocycles. The summed E-state index contributed by atoms with van der Waals surface area (Å²) < 4.78 is 0. The van der Waals surface area contributed by atoms with Crippen LogP contribution in [0.25, 0.3) is 20.4 Å². The Hall–Kier alpha value is -1.99. The summed E-state index contributed by atoms with van der Waals surface area (Å²) in [5.41, 5.74) is 20.2. The summed E-state index contributed by atoms with van der Waals surface area (Å²) in [5, 5.41) is 14.8. The number of hydrogen-bond acceptors (Lipinski definition) is 11. The fraction of sp³-hybridized carbons (Fsp3) is 0.700. The number of nitrogens with two attached hydrogens (primary N) is 3. The second-order valence-electron chi connectivity index (χ2n) is 15.3. The van der Waals surface area contributed by atoms with Crippen molar-refractivity contribution in [3.63, 3.8) is 0 Å². The topological polar surface area (TPSA) is 162 Å². The average molecular weight is 774 g/mol. The van der Waals surface area contributed by atoms with E-state index in [1.54, 1.807) is 42.7 Å². The molecule has 2 atom stereocenters. The number of aromatic nitrogens is 4. The lowest BCUT2D eigenvalue weighted by molar-refractivity contribution is 0.216. The fourth-order valence-electron chi connectivity index (χ4n) is 7.73. The van der Waals surface area contributed by atoms with Crippen molar-refractivity contribution < 1.29 is 5.11 Å². The molecule has 4 heterocycles. The highest BCUT2D eigenvalue weighted by atomic mass is 35.5. The molecule has 2 unspecified atom stereocenters. The number of thiophene rings is 2. The first-order valence-electron chi connectivity index (χ1n) is 19.4. The third-order valence-corrected chi connectivity index (χ3v) is 13.5. The first kappa shape index (κ1) is 42.7. The highest BCUT2D eigenvalue weighted by molar-refractivity contribution is 7.19. The molecule has 52 heavy (non-hydrogen) atoms. The molecule has 9 nitrogen and oxygen atoms in total. The molecular weight excluding hydrogens is 708 g/mol. The van der Waals surface area contributed by atoms with Crippen molar-refractivity contribution in [3.05, 3.63) is 38.7 Å². The van der Waals surface area contributed by atoms with Gasteiger partial charge in [0.15, 0.2) is 0 Å². The molecule has 0 spiro atoms. The summed E-state index contributed by atoms with van der Waals surface area (Å²) in [6, 6.07) is 1.78. The normalized spacial score (nSPS) is 25.3. The predicted octanol–water partition coefficient (Wildman–Crippen LogP) is 8.99. The van der Waals surface area contributed by atoms with Crippen LogP contribution in [0.5, 0.6) is 0 Å². The molecule has 2 fully saturated rings. The monoisotopic (exact) mass is 772 g/mol. The van der Waals surface area contributed by atoms with Crippen molar-refractivity contribution in [2.45, 2.75) is 168 Å². The van der Waals surface area contributed by atoms with E-state index in [1.807, 2.05) is 11.3 Å². The number of aryl methyl sites for hydroxylation is 2. The Bertz CT molecular complexity index is 1650. The van der Waals surface area contributed by atoms with E-state index in [4.69, 9.17) is 33.9 Å². The molecule has 4 aromatic heterocycles. The van der Waals surface area contributed by atoms with Gasteiger partial charge in [-0.25, -0.2) is 19.9 Å². The van der Waals surface area contributed by atoms with Crippen molar-refractivity contribution in [2.24, 2.45) is 29.0 Å². The van der Waals surface area contributed by atoms with Gasteiger partial charge in [-0.3, -0.25) is 0 Å². The molecule has 0 amide bonds. The Morgan fingerprint density at radius 2 is 1.13 bits per heavy atom. The molecular formula is C40H65ClN8OS2. The average Bonchev–Trinajstić information content (AvgIpc) is 3.69. The van der Waals surface area contributed by atoms with Gasteiger partial charge >= 0.3 is 0 Å². The lowest BCUT2D eigenvalue weighted by atomic mass is 9.86. The molecule has 0 aromatic carbocycles. The molecule has 0 saturated heterocycles. The van der Waals surface area contributed by atoms with Crippen LogP contribution in [0.1, 0.15) is 133 Å². The molecule has 4 aliphatic carbocycles. The fourth-order valence-corrected chi connectivity index (χ4v) is 10.6. The largest absolute Gasteiger partial charge is 0.394 e. The second kappa shape index (κ2) is 20.6. The Kier molecular flexibility index (Phi) is 17.0. The van der Waals surface area contributed by atoms with E-state index < -0.39 is 0 Å². The van der Waals surface area contributed by atoms with Gasteiger partial charge in [0.2, 0.25) is 0 Å². The van der Waals surface area contributed by atoms with Crippen LogP contribution in [0.4, 0.5) is 5.82 Å². The molecule has 8 N–H and O–H groups in total. The molecule has 0 aliphatic heterocycles. The number of nitrogens with zero attached hydrogens (tertiary/aromatic N) is 4. The number of aliphatic hydroxyl groups excluding tert-OH is 1. The minimum Gasteiger partial charge on any atom is -0.394 e. The minimum atomic E-state index is -0.167. The summed E-state index contributed by atoms with van der Waals surface area (Å²) in [4.78, 5) is 22.8. The van der Waals surface area contributed by atoms with Crippen LogP contribution < -0.4 is 22.5 Å². The van der Waals surface area contributed by atoms with Gasteiger partial charge in [0, 0.05) is 40.0 Å². The van der Waals surface area contributed by atoms with Gasteiger partial charge in [-0.05, 0) is 127 Å². The van der Waals surface area contributed by atoms with E-state index in [0.29, 0.717) is 29.3 Å². The van der Waals surface area contributed by atoms with Gasteiger partial charge in [-0.2, -0.15) is 0 Å². The van der Waals surface area contributed by atoms with Crippen molar-refractivity contribution in [1.29, 1.82) is 0 Å². The summed E-state index contributed by atoms with van der Waals surface area (Å²) in [5.74, 6) is 2.75. The zero-order chi connectivity index (χ0) is 36.5. The third-order valence-electron chi connectivity index (χ3n) is 10.9. The molecule has 12 heteroatoms. The zero-order valence-corrected chi connectivity index (χ0v) is 33.6. The van der Waals surface area contributed by atoms with E-state index in [2.05, 4.69) is 39.1 Å². The molecule has 4 aromatic rings. The van der Waals surface area contributed by atoms with Crippen molar-refractivity contribution in [3.8, 4) is 0 Å². The van der Waals surface area contributed by atoms with Crippen LogP contribution in [0.15, 0.2) is 12.7 Å². The summed E-state index contributed by atoms with van der Waals surface area (Å²) in [7, 11) is 0. The maximum Gasteiger partial charge on any atom is 0.141 e. The number of aliphatic hydroxyl groups is 1. The van der Waals surface area contributed by atoms with Gasteiger partial charge in [0.05, 0.1) is 10.8 Å². The Balaban J connectivity index is 0.000000180. The number of nitrogens with one attached hydrogen (secondary N) is 1. The van der Waals surface area contributed by atoms with E-state index in [-0.39, 0.29) is 13.5 Å². The molecule has 4 aliphatic rings. The van der Waals surface area contributed by atoms with Crippen molar-refractivity contribution >= 4 is 60.5 Å². The van der Waals surface area contributed by atoms with Crippen LogP contribution in [0, 0.1) is 11.8 Å². The number of anilines is 1. The van der Waals surface area contributed by atoms with Crippen molar-refractivity contribution in [2.75, 3.05) is 5.32 Å². The van der Waals surface area contributed by atoms with Crippen LogP contribution >= 0.6 is 34.3 Å². The highest BCUT2D eigenvalue weighted by Gasteiger charge is 2.26. The van der Waals surface area contributed by atoms with Crippen LogP contribution in [0.3, 0.4) is 0 Å². The molecule has 290 valence electrons. The van der Waals surface area contributed by atoms with Gasteiger partial charge in [-0.15, -0.1) is 22.7 Å². The van der Waals surface area contributed by atoms with Crippen LogP contribution in [0.2, 0.25) is 5.15 Å². The highest BCUT2D eigenvalue weighted by Crippen LogP contribution is 2.42. The SMILES string of the molecule is C.CC(C)O.CCC1CCc2c(sc3ncnc(Cl)c23)C1.CCC1CCc2c(sc3ncnc(NC4CCC(N)CC4)c23)C1.NC1CCC(N)CC1. The maximum atomic E-state index is 8.06. The first-order valence-corrected chi connectivity index (χ1v) is 21.4. The van der Waals surface area contributed by atoms with E-state index in [1.165, 1.54) is 66.3 Å². The van der Waals surface area contributed by atoms with Crippen LogP contribution in [-0.2, 0) is 25.7 Å². The number of hydrogen-bond donors (Lipinski definition) is 5. The van der Waals surface area contributed by atoms with Crippen LogP contribution in [-0.4, -0.2) is 55.3 Å². The van der Waals surface area contributed by atoms with E-state index in [9.17, 15) is 0 Å². The summed E-state index contributed by atoms with van der Waals surface area (Å²) in [6.07, 6.45) is 22.0. The van der Waals surface area contributed by atoms with E-state index >= 15 is 0 Å². The summed E-state index contributed by atoms with van der Waals surface area (Å²) >= 11 is 9.84. The summed E-state index contributed by atoms with van der Waals surface area (Å²) in [6.45, 7) is 8.03. The number of halogens is 1. The molecule has 0 radical (unpaired) electrons. The lowest BCUT2D eigenvalue weighted by Gasteiger charge is -2.27. The van der Waals surface area contributed by atoms with Gasteiger partial charge < -0.3 is 27.6 Å². The quantitative estimate of drug-likeness (QED) is 0.128. The second-order valence-corrected chi connectivity index (χ2v) is 17.8. The van der Waals surface area contributed by atoms with Gasteiger partial charge in [-0.1, -0.05) is 45.7 Å². The lowest BCUT2D eigenvalue weighted by Crippen LogP contribution is -2.33. The standard InChI is InChI=1S/C18H26N4S.C12H13ClN2S.C6H14N2.C3H8O.CH4/c1-2-11-3-8-14-15(9-11)23-18-16(14)17(20-10-21-18)22-13-6-4-12(19)5-7-13;1-2-7-3-4-8-9(5-7)16-12-10(8)11(13)14-6-15-12;7-5-1-2-6(8)4-3-5;1-3(2)4;/h10-13H,2-9,19H2,1H3,(H,20,21,22);6-7H,2-5H2,1H3;5-6H,1-4,7-8H2;3-4H,1-2H3;1H4. The predicted molar refractivity (Wildman–Crippen MR) is 224 cm³/mol. The zero-order valence-electron chi connectivity index (χ0n) is 31.2. The first-order chi connectivity index (χ1) is 24.6.